The molecule has 5 nitrogen and oxygen atoms in total. The van der Waals surface area contributed by atoms with Crippen LogP contribution in [0.25, 0.3) is 0 Å². The minimum absolute atomic E-state index is 0.102. The fourth-order valence-corrected chi connectivity index (χ4v) is 2.41. The lowest BCUT2D eigenvalue weighted by Crippen LogP contribution is -2.13. The molecule has 27 heavy (non-hydrogen) atoms. The van der Waals surface area contributed by atoms with E-state index >= 15 is 0 Å². The van der Waals surface area contributed by atoms with Gasteiger partial charge in [0.15, 0.2) is 0 Å². The highest BCUT2D eigenvalue weighted by Gasteiger charge is 2.12. The maximum atomic E-state index is 13.7. The van der Waals surface area contributed by atoms with Crippen LogP contribution in [0.2, 0.25) is 0 Å². The van der Waals surface area contributed by atoms with E-state index in [-0.39, 0.29) is 11.3 Å². The highest BCUT2D eigenvalue weighted by atomic mass is 19.1. The lowest BCUT2D eigenvalue weighted by atomic mass is 10.2. The smallest absolute Gasteiger partial charge is 0.255 e. The van der Waals surface area contributed by atoms with E-state index in [2.05, 4.69) is 15.6 Å². The van der Waals surface area contributed by atoms with Crippen LogP contribution in [-0.2, 0) is 0 Å². The predicted octanol–water partition coefficient (Wildman–Crippen LogP) is 4.75. The first kappa shape index (κ1) is 18.3. The summed E-state index contributed by atoms with van der Waals surface area (Å²) in [5, 5.41) is 5.51. The third kappa shape index (κ3) is 4.58. The number of amides is 1. The first-order chi connectivity index (χ1) is 13.1. The Balaban J connectivity index is 1.78. The summed E-state index contributed by atoms with van der Waals surface area (Å²) in [7, 11) is 0. The van der Waals surface area contributed by atoms with Gasteiger partial charge in [0.05, 0.1) is 18.0 Å². The van der Waals surface area contributed by atoms with E-state index in [0.29, 0.717) is 29.9 Å². The second kappa shape index (κ2) is 8.27. The van der Waals surface area contributed by atoms with Crippen molar-refractivity contribution < 1.29 is 18.3 Å². The second-order valence-electron chi connectivity index (χ2n) is 5.56. The molecule has 0 spiro atoms. The van der Waals surface area contributed by atoms with Crippen molar-refractivity contribution in [1.29, 1.82) is 0 Å². The van der Waals surface area contributed by atoms with Gasteiger partial charge in [-0.1, -0.05) is 12.1 Å². The highest BCUT2D eigenvalue weighted by molar-refractivity contribution is 6.04. The van der Waals surface area contributed by atoms with Crippen LogP contribution in [0.5, 0.6) is 5.75 Å². The number of carbonyl (C=O) groups excluding carboxylic acids is 1. The molecule has 0 aliphatic carbocycles. The van der Waals surface area contributed by atoms with E-state index in [1.54, 1.807) is 0 Å². The standard InChI is InChI=1S/C20H17F2N3O2/c1-2-27-18-6-4-3-5-17(18)24-19-11-13(9-10-23-19)20(26)25-16-8-7-14(21)12-15(16)22/h3-12H,2H2,1H3,(H,23,24)(H,25,26). The van der Waals surface area contributed by atoms with Crippen molar-refractivity contribution in [1.82, 2.24) is 4.98 Å². The Hall–Kier alpha value is -3.48. The maximum Gasteiger partial charge on any atom is 0.255 e. The zero-order valence-corrected chi connectivity index (χ0v) is 14.5. The number of carbonyl (C=O) groups is 1. The Bertz CT molecular complexity index is 963. The van der Waals surface area contributed by atoms with E-state index in [1.807, 2.05) is 31.2 Å². The fraction of sp³-hybridized carbons (Fsp3) is 0.100. The molecule has 138 valence electrons. The van der Waals surface area contributed by atoms with Crippen LogP contribution in [-0.4, -0.2) is 17.5 Å². The number of benzene rings is 2. The Morgan fingerprint density at radius 2 is 1.89 bits per heavy atom. The molecule has 0 radical (unpaired) electrons. The normalized spacial score (nSPS) is 10.3. The molecule has 2 N–H and O–H groups in total. The van der Waals surface area contributed by atoms with Crippen molar-refractivity contribution in [2.45, 2.75) is 6.92 Å². The van der Waals surface area contributed by atoms with Crippen molar-refractivity contribution >= 4 is 23.1 Å². The van der Waals surface area contributed by atoms with Gasteiger partial charge in [0.25, 0.3) is 5.91 Å². The molecule has 3 aromatic rings. The quantitative estimate of drug-likeness (QED) is 0.658. The molecule has 0 aliphatic rings. The van der Waals surface area contributed by atoms with Gasteiger partial charge in [0.2, 0.25) is 0 Å². The van der Waals surface area contributed by atoms with Gasteiger partial charge in [-0.25, -0.2) is 13.8 Å². The first-order valence-electron chi connectivity index (χ1n) is 8.28. The van der Waals surface area contributed by atoms with Crippen LogP contribution in [0.3, 0.4) is 0 Å². The Kier molecular flexibility index (Phi) is 5.61. The van der Waals surface area contributed by atoms with Crippen LogP contribution >= 0.6 is 0 Å². The lowest BCUT2D eigenvalue weighted by molar-refractivity contribution is 0.102. The summed E-state index contributed by atoms with van der Waals surface area (Å²) in [4.78, 5) is 16.6. The Morgan fingerprint density at radius 1 is 1.07 bits per heavy atom. The van der Waals surface area contributed by atoms with Crippen LogP contribution in [0, 0.1) is 11.6 Å². The summed E-state index contributed by atoms with van der Waals surface area (Å²) in [5.41, 5.74) is 0.869. The predicted molar refractivity (Wildman–Crippen MR) is 99.4 cm³/mol. The summed E-state index contributed by atoms with van der Waals surface area (Å²) >= 11 is 0. The van der Waals surface area contributed by atoms with E-state index < -0.39 is 17.5 Å². The van der Waals surface area contributed by atoms with Crippen molar-refractivity contribution in [2.75, 3.05) is 17.2 Å². The number of hydrogen-bond donors (Lipinski definition) is 2. The molecule has 1 heterocycles. The number of hydrogen-bond acceptors (Lipinski definition) is 4. The molecule has 3 rings (SSSR count). The number of ether oxygens (including phenoxy) is 1. The van der Waals surface area contributed by atoms with Gasteiger partial charge in [-0.15, -0.1) is 0 Å². The molecular weight excluding hydrogens is 352 g/mol. The summed E-state index contributed by atoms with van der Waals surface area (Å²) < 4.78 is 32.2. The zero-order chi connectivity index (χ0) is 19.2. The number of nitrogens with one attached hydrogen (secondary N) is 2. The molecule has 0 aliphatic heterocycles. The molecule has 2 aromatic carbocycles. The van der Waals surface area contributed by atoms with Gasteiger partial charge < -0.3 is 15.4 Å². The number of halogens is 2. The summed E-state index contributed by atoms with van der Waals surface area (Å²) in [6, 6.07) is 13.3. The van der Waals surface area contributed by atoms with Gasteiger partial charge in [-0.3, -0.25) is 4.79 Å². The second-order valence-corrected chi connectivity index (χ2v) is 5.56. The van der Waals surface area contributed by atoms with Crippen molar-refractivity contribution in [3.63, 3.8) is 0 Å². The highest BCUT2D eigenvalue weighted by Crippen LogP contribution is 2.27. The van der Waals surface area contributed by atoms with Crippen molar-refractivity contribution in [3.8, 4) is 5.75 Å². The van der Waals surface area contributed by atoms with Crippen molar-refractivity contribution in [3.05, 3.63) is 78.0 Å². The minimum Gasteiger partial charge on any atom is -0.492 e. The molecule has 0 bridgehead atoms. The average molecular weight is 369 g/mol. The monoisotopic (exact) mass is 369 g/mol. The molecular formula is C20H17F2N3O2. The van der Waals surface area contributed by atoms with Crippen LogP contribution in [0.1, 0.15) is 17.3 Å². The van der Waals surface area contributed by atoms with E-state index in [9.17, 15) is 13.6 Å². The molecule has 7 heteroatoms. The summed E-state index contributed by atoms with van der Waals surface area (Å²) in [6.07, 6.45) is 1.46. The van der Waals surface area contributed by atoms with Gasteiger partial charge >= 0.3 is 0 Å². The molecule has 0 fully saturated rings. The fourth-order valence-electron chi connectivity index (χ4n) is 2.41. The van der Waals surface area contributed by atoms with Gasteiger partial charge in [-0.2, -0.15) is 0 Å². The van der Waals surface area contributed by atoms with E-state index in [1.165, 1.54) is 24.4 Å². The minimum atomic E-state index is -0.846. The first-order valence-corrected chi connectivity index (χ1v) is 8.28. The molecule has 0 saturated carbocycles. The average Bonchev–Trinajstić information content (AvgIpc) is 2.66. The van der Waals surface area contributed by atoms with E-state index in [0.717, 1.165) is 6.07 Å². The molecule has 1 amide bonds. The molecule has 1 aromatic heterocycles. The third-order valence-corrected chi connectivity index (χ3v) is 3.65. The number of aromatic nitrogens is 1. The summed E-state index contributed by atoms with van der Waals surface area (Å²) in [5.74, 6) is -1.02. The number of pyridine rings is 1. The maximum absolute atomic E-state index is 13.7. The van der Waals surface area contributed by atoms with E-state index in [4.69, 9.17) is 4.74 Å². The molecule has 0 saturated heterocycles. The van der Waals surface area contributed by atoms with Crippen LogP contribution in [0.4, 0.5) is 26.0 Å². The van der Waals surface area contributed by atoms with Gasteiger partial charge in [0.1, 0.15) is 23.2 Å². The SMILES string of the molecule is CCOc1ccccc1Nc1cc(C(=O)Nc2ccc(F)cc2F)ccn1. The topological polar surface area (TPSA) is 63.2 Å². The Morgan fingerprint density at radius 3 is 2.67 bits per heavy atom. The largest absolute Gasteiger partial charge is 0.492 e. The van der Waals surface area contributed by atoms with Crippen LogP contribution in [0.15, 0.2) is 60.8 Å². The zero-order valence-electron chi connectivity index (χ0n) is 14.5. The van der Waals surface area contributed by atoms with Crippen molar-refractivity contribution in [2.24, 2.45) is 0 Å². The molecule has 0 unspecified atom stereocenters. The number of anilines is 3. The lowest BCUT2D eigenvalue weighted by Gasteiger charge is -2.12. The van der Waals surface area contributed by atoms with Crippen LogP contribution < -0.4 is 15.4 Å². The number of para-hydroxylation sites is 2. The van der Waals surface area contributed by atoms with Gasteiger partial charge in [0, 0.05) is 17.8 Å². The third-order valence-electron chi connectivity index (χ3n) is 3.65. The Labute approximate surface area is 155 Å². The van der Waals surface area contributed by atoms with Gasteiger partial charge in [-0.05, 0) is 43.3 Å². The number of nitrogens with zero attached hydrogens (tertiary/aromatic N) is 1. The molecule has 0 atom stereocenters. The summed E-state index contributed by atoms with van der Waals surface area (Å²) in [6.45, 7) is 2.40. The number of rotatable bonds is 6.